The number of hydrogen-bond donors (Lipinski definition) is 1. The van der Waals surface area contributed by atoms with Gasteiger partial charge in [0.15, 0.2) is 0 Å². The number of likely N-dealkylation sites (tertiary alicyclic amines) is 1. The highest BCUT2D eigenvalue weighted by molar-refractivity contribution is 9.10. The van der Waals surface area contributed by atoms with Crippen molar-refractivity contribution in [3.63, 3.8) is 0 Å². The molecule has 1 unspecified atom stereocenters. The lowest BCUT2D eigenvalue weighted by molar-refractivity contribution is 0.198. The summed E-state index contributed by atoms with van der Waals surface area (Å²) in [7, 11) is 0. The molecule has 2 heterocycles. The van der Waals surface area contributed by atoms with Gasteiger partial charge in [0, 0.05) is 28.5 Å². The molecule has 1 atom stereocenters. The predicted molar refractivity (Wildman–Crippen MR) is 74.0 cm³/mol. The van der Waals surface area contributed by atoms with E-state index in [-0.39, 0.29) is 0 Å². The predicted octanol–water partition coefficient (Wildman–Crippen LogP) is 3.08. The number of halogens is 1. The Kier molecular flexibility index (Phi) is 4.82. The minimum Gasteiger partial charge on any atom is -0.308 e. The molecule has 2 nitrogen and oxygen atoms in total. The number of nitrogens with zero attached hydrogens (tertiary/aromatic N) is 1. The first kappa shape index (κ1) is 12.6. The number of likely N-dealkylation sites (N-methyl/N-ethyl adjacent to an activating group) is 1. The smallest absolute Gasteiger partial charge is 0.0327 e. The van der Waals surface area contributed by atoms with Crippen molar-refractivity contribution in [2.24, 2.45) is 0 Å². The molecule has 1 N–H and O–H groups in total. The summed E-state index contributed by atoms with van der Waals surface area (Å²) in [6.45, 7) is 6.91. The van der Waals surface area contributed by atoms with Gasteiger partial charge in [-0.1, -0.05) is 6.92 Å². The number of nitrogens with one attached hydrogen (secondary N) is 1. The number of thiophene rings is 1. The molecule has 2 rings (SSSR count). The summed E-state index contributed by atoms with van der Waals surface area (Å²) in [4.78, 5) is 3.94. The normalized spacial score (nSPS) is 22.5. The lowest BCUT2D eigenvalue weighted by Gasteiger charge is -2.32. The van der Waals surface area contributed by atoms with Crippen molar-refractivity contribution >= 4 is 27.3 Å². The zero-order valence-electron chi connectivity index (χ0n) is 9.71. The molecule has 1 aromatic heterocycles. The summed E-state index contributed by atoms with van der Waals surface area (Å²) in [6.07, 6.45) is 2.65. The molecule has 0 saturated carbocycles. The monoisotopic (exact) mass is 302 g/mol. The molecule has 1 aliphatic rings. The van der Waals surface area contributed by atoms with E-state index in [2.05, 4.69) is 44.5 Å². The van der Waals surface area contributed by atoms with E-state index in [1.165, 1.54) is 41.8 Å². The highest BCUT2D eigenvalue weighted by Crippen LogP contribution is 2.22. The van der Waals surface area contributed by atoms with E-state index in [0.717, 1.165) is 6.54 Å². The maximum absolute atomic E-state index is 3.67. The molecule has 0 bridgehead atoms. The second kappa shape index (κ2) is 6.15. The maximum atomic E-state index is 3.67. The second-order valence-electron chi connectivity index (χ2n) is 4.30. The van der Waals surface area contributed by atoms with Gasteiger partial charge >= 0.3 is 0 Å². The Bertz CT molecular complexity index is 327. The Morgan fingerprint density at radius 3 is 3.19 bits per heavy atom. The van der Waals surface area contributed by atoms with Crippen molar-refractivity contribution in [1.82, 2.24) is 10.2 Å². The van der Waals surface area contributed by atoms with Crippen LogP contribution in [0.25, 0.3) is 0 Å². The van der Waals surface area contributed by atoms with Crippen LogP contribution in [0.15, 0.2) is 15.9 Å². The van der Waals surface area contributed by atoms with Crippen LogP contribution in [0.4, 0.5) is 0 Å². The summed E-state index contributed by atoms with van der Waals surface area (Å²) in [5.41, 5.74) is 0. The van der Waals surface area contributed by atoms with Crippen molar-refractivity contribution in [1.29, 1.82) is 0 Å². The second-order valence-corrected chi connectivity index (χ2v) is 6.16. The van der Waals surface area contributed by atoms with Gasteiger partial charge in [-0.15, -0.1) is 11.3 Å². The summed E-state index contributed by atoms with van der Waals surface area (Å²) >= 11 is 5.40. The summed E-state index contributed by atoms with van der Waals surface area (Å²) < 4.78 is 1.24. The van der Waals surface area contributed by atoms with Crippen LogP contribution in [-0.4, -0.2) is 30.6 Å². The zero-order valence-corrected chi connectivity index (χ0v) is 12.1. The van der Waals surface area contributed by atoms with E-state index >= 15 is 0 Å². The Hall–Kier alpha value is 0.100. The molecule has 0 aliphatic carbocycles. The average Bonchev–Trinajstić information content (AvgIpc) is 2.72. The number of piperidine rings is 1. The van der Waals surface area contributed by atoms with Gasteiger partial charge in [0.2, 0.25) is 0 Å². The third kappa shape index (κ3) is 3.29. The fourth-order valence-corrected chi connectivity index (χ4v) is 3.64. The molecular weight excluding hydrogens is 284 g/mol. The minimum absolute atomic E-state index is 0.669. The maximum Gasteiger partial charge on any atom is 0.0327 e. The van der Waals surface area contributed by atoms with E-state index < -0.39 is 0 Å². The largest absolute Gasteiger partial charge is 0.308 e. The van der Waals surface area contributed by atoms with Gasteiger partial charge in [0.1, 0.15) is 0 Å². The van der Waals surface area contributed by atoms with Crippen LogP contribution in [0, 0.1) is 0 Å². The highest BCUT2D eigenvalue weighted by atomic mass is 79.9. The van der Waals surface area contributed by atoms with Crippen LogP contribution >= 0.6 is 27.3 Å². The fraction of sp³-hybridized carbons (Fsp3) is 0.667. The Morgan fingerprint density at radius 2 is 2.50 bits per heavy atom. The van der Waals surface area contributed by atoms with Crippen molar-refractivity contribution in [3.8, 4) is 0 Å². The van der Waals surface area contributed by atoms with Crippen LogP contribution in [0.3, 0.4) is 0 Å². The van der Waals surface area contributed by atoms with Crippen LogP contribution in [-0.2, 0) is 6.54 Å². The molecule has 0 amide bonds. The molecule has 16 heavy (non-hydrogen) atoms. The topological polar surface area (TPSA) is 15.3 Å². The van der Waals surface area contributed by atoms with Gasteiger partial charge in [-0.3, -0.25) is 0 Å². The van der Waals surface area contributed by atoms with Crippen LogP contribution in [0.5, 0.6) is 0 Å². The third-order valence-corrected chi connectivity index (χ3v) is 5.12. The number of hydrogen-bond acceptors (Lipinski definition) is 3. The van der Waals surface area contributed by atoms with Crippen molar-refractivity contribution < 1.29 is 0 Å². The summed E-state index contributed by atoms with van der Waals surface area (Å²) in [6, 6.07) is 2.80. The standard InChI is InChI=1S/C12H19BrN2S/c1-2-15-6-3-4-10(9-15)14-8-12-11(13)5-7-16-12/h5,7,10,14H,2-4,6,8-9H2,1H3. The van der Waals surface area contributed by atoms with Crippen LogP contribution in [0.2, 0.25) is 0 Å². The van der Waals surface area contributed by atoms with E-state index in [0.29, 0.717) is 6.04 Å². The van der Waals surface area contributed by atoms with Crippen molar-refractivity contribution in [2.75, 3.05) is 19.6 Å². The van der Waals surface area contributed by atoms with Crippen molar-refractivity contribution in [2.45, 2.75) is 32.4 Å². The molecule has 0 aromatic carbocycles. The first-order chi connectivity index (χ1) is 7.79. The molecular formula is C12H19BrN2S. The van der Waals surface area contributed by atoms with E-state index in [1.54, 1.807) is 0 Å². The van der Waals surface area contributed by atoms with E-state index in [4.69, 9.17) is 0 Å². The van der Waals surface area contributed by atoms with Crippen molar-refractivity contribution in [3.05, 3.63) is 20.8 Å². The Balaban J connectivity index is 1.79. The summed E-state index contributed by atoms with van der Waals surface area (Å²) in [5.74, 6) is 0. The molecule has 1 aromatic rings. The first-order valence-electron chi connectivity index (χ1n) is 5.97. The van der Waals surface area contributed by atoms with Gasteiger partial charge < -0.3 is 10.2 Å². The fourth-order valence-electron chi connectivity index (χ4n) is 2.20. The molecule has 0 radical (unpaired) electrons. The molecule has 0 spiro atoms. The zero-order chi connectivity index (χ0) is 11.4. The molecule has 1 fully saturated rings. The van der Waals surface area contributed by atoms with Gasteiger partial charge in [-0.25, -0.2) is 0 Å². The van der Waals surface area contributed by atoms with Gasteiger partial charge in [0.05, 0.1) is 0 Å². The molecule has 1 saturated heterocycles. The quantitative estimate of drug-likeness (QED) is 0.919. The Labute approximate surface area is 110 Å². The molecule has 1 aliphatic heterocycles. The lowest BCUT2D eigenvalue weighted by atomic mass is 10.1. The minimum atomic E-state index is 0.669. The Morgan fingerprint density at radius 1 is 1.62 bits per heavy atom. The summed E-state index contributed by atoms with van der Waals surface area (Å²) in [5, 5.41) is 5.81. The van der Waals surface area contributed by atoms with Crippen LogP contribution < -0.4 is 5.32 Å². The lowest BCUT2D eigenvalue weighted by Crippen LogP contribution is -2.45. The van der Waals surface area contributed by atoms with Crippen LogP contribution in [0.1, 0.15) is 24.6 Å². The van der Waals surface area contributed by atoms with Gasteiger partial charge in [-0.05, 0) is 53.3 Å². The SMILES string of the molecule is CCN1CCCC(NCc2sccc2Br)C1. The average molecular weight is 303 g/mol. The molecule has 90 valence electrons. The first-order valence-corrected chi connectivity index (χ1v) is 7.64. The van der Waals surface area contributed by atoms with Gasteiger partial charge in [-0.2, -0.15) is 0 Å². The van der Waals surface area contributed by atoms with Gasteiger partial charge in [0.25, 0.3) is 0 Å². The third-order valence-electron chi connectivity index (χ3n) is 3.20. The highest BCUT2D eigenvalue weighted by Gasteiger charge is 2.18. The van der Waals surface area contributed by atoms with E-state index in [9.17, 15) is 0 Å². The number of rotatable bonds is 4. The van der Waals surface area contributed by atoms with E-state index in [1.807, 2.05) is 11.3 Å². The molecule has 4 heteroatoms.